The van der Waals surface area contributed by atoms with Crippen molar-refractivity contribution in [3.05, 3.63) is 29.8 Å². The summed E-state index contributed by atoms with van der Waals surface area (Å²) in [4.78, 5) is 2.72. The normalized spacial score (nSPS) is 27.8. The lowest BCUT2D eigenvalue weighted by Crippen LogP contribution is -2.39. The van der Waals surface area contributed by atoms with Gasteiger partial charge in [0.15, 0.2) is 0 Å². The van der Waals surface area contributed by atoms with Gasteiger partial charge in [-0.05, 0) is 55.7 Å². The quantitative estimate of drug-likeness (QED) is 0.729. The molecule has 2 saturated heterocycles. The first-order valence-electron chi connectivity index (χ1n) is 7.14. The number of hydrogen-bond donors (Lipinski definition) is 0. The van der Waals surface area contributed by atoms with Gasteiger partial charge in [0.1, 0.15) is 0 Å². The number of nitrogens with zero attached hydrogens (tertiary/aromatic N) is 1. The zero-order chi connectivity index (χ0) is 11.8. The Hall–Kier alpha value is -0.980. The lowest BCUT2D eigenvalue weighted by atomic mass is 9.99. The molecule has 2 aliphatic heterocycles. The smallest absolute Gasteiger partial charge is 0.0374 e. The number of hydrogen-bond acceptors (Lipinski definition) is 1. The first kappa shape index (κ1) is 11.1. The molecule has 17 heavy (non-hydrogen) atoms. The topological polar surface area (TPSA) is 3.24 Å². The van der Waals surface area contributed by atoms with E-state index in [-0.39, 0.29) is 0 Å². The molecule has 0 radical (unpaired) electrons. The van der Waals surface area contributed by atoms with Crippen LogP contribution in [0.2, 0.25) is 0 Å². The van der Waals surface area contributed by atoms with Gasteiger partial charge in [0.25, 0.3) is 0 Å². The van der Waals surface area contributed by atoms with E-state index in [1.165, 1.54) is 43.4 Å². The lowest BCUT2D eigenvalue weighted by molar-refractivity contribution is 0.468. The minimum atomic E-state index is 0.636. The maximum absolute atomic E-state index is 2.72. The summed E-state index contributed by atoms with van der Waals surface area (Å²) in [5.41, 5.74) is 2.95. The van der Waals surface area contributed by atoms with Gasteiger partial charge < -0.3 is 4.90 Å². The van der Waals surface area contributed by atoms with Crippen LogP contribution in [-0.4, -0.2) is 12.1 Å². The van der Waals surface area contributed by atoms with Crippen LogP contribution in [0.1, 0.15) is 57.4 Å². The van der Waals surface area contributed by atoms with E-state index in [4.69, 9.17) is 0 Å². The number of rotatable bonds is 2. The molecule has 3 rings (SSSR count). The Kier molecular flexibility index (Phi) is 2.85. The number of piperidine rings is 1. The van der Waals surface area contributed by atoms with Crippen molar-refractivity contribution in [2.75, 3.05) is 4.90 Å². The molecule has 1 aromatic carbocycles. The number of anilines is 1. The van der Waals surface area contributed by atoms with E-state index in [9.17, 15) is 0 Å². The molecule has 0 aromatic heterocycles. The van der Waals surface area contributed by atoms with Crippen molar-refractivity contribution in [3.8, 4) is 0 Å². The van der Waals surface area contributed by atoms with Crippen molar-refractivity contribution in [2.24, 2.45) is 0 Å². The van der Waals surface area contributed by atoms with E-state index < -0.39 is 0 Å². The zero-order valence-electron chi connectivity index (χ0n) is 11.0. The largest absolute Gasteiger partial charge is 0.366 e. The summed E-state index contributed by atoms with van der Waals surface area (Å²) in [5.74, 6) is 0.636. The molecule has 2 fully saturated rings. The second-order valence-electron chi connectivity index (χ2n) is 5.97. The average Bonchev–Trinajstić information content (AvgIpc) is 2.59. The highest BCUT2D eigenvalue weighted by molar-refractivity contribution is 5.52. The molecule has 0 amide bonds. The van der Waals surface area contributed by atoms with Gasteiger partial charge in [-0.2, -0.15) is 0 Å². The van der Waals surface area contributed by atoms with Crippen LogP contribution in [-0.2, 0) is 0 Å². The van der Waals surface area contributed by atoms with Crippen LogP contribution in [0.5, 0.6) is 0 Å². The van der Waals surface area contributed by atoms with Crippen LogP contribution in [0.15, 0.2) is 24.3 Å². The van der Waals surface area contributed by atoms with Crippen molar-refractivity contribution in [2.45, 2.75) is 64.0 Å². The molecule has 2 atom stereocenters. The Morgan fingerprint density at radius 2 is 1.76 bits per heavy atom. The molecule has 0 spiro atoms. The highest BCUT2D eigenvalue weighted by atomic mass is 15.2. The first-order valence-corrected chi connectivity index (χ1v) is 7.14. The van der Waals surface area contributed by atoms with E-state index in [2.05, 4.69) is 43.0 Å². The molecule has 1 aromatic rings. The summed E-state index contributed by atoms with van der Waals surface area (Å²) in [6, 6.07) is 10.9. The monoisotopic (exact) mass is 229 g/mol. The van der Waals surface area contributed by atoms with Crippen molar-refractivity contribution < 1.29 is 0 Å². The molecule has 2 aliphatic rings. The summed E-state index contributed by atoms with van der Waals surface area (Å²) in [7, 11) is 0. The molecule has 0 saturated carbocycles. The molecule has 1 nitrogen and oxygen atoms in total. The Labute approximate surface area is 105 Å². The van der Waals surface area contributed by atoms with Gasteiger partial charge in [-0.25, -0.2) is 0 Å². The summed E-state index contributed by atoms with van der Waals surface area (Å²) >= 11 is 0. The maximum atomic E-state index is 2.72. The van der Waals surface area contributed by atoms with Crippen LogP contribution < -0.4 is 4.90 Å². The van der Waals surface area contributed by atoms with E-state index >= 15 is 0 Å². The lowest BCUT2D eigenvalue weighted by Gasteiger charge is -2.37. The highest BCUT2D eigenvalue weighted by Gasteiger charge is 2.36. The van der Waals surface area contributed by atoms with Gasteiger partial charge in [-0.3, -0.25) is 0 Å². The van der Waals surface area contributed by atoms with Crippen molar-refractivity contribution in [1.82, 2.24) is 0 Å². The minimum Gasteiger partial charge on any atom is -0.366 e. The third kappa shape index (κ3) is 1.96. The van der Waals surface area contributed by atoms with E-state index in [1.807, 2.05) is 0 Å². The van der Waals surface area contributed by atoms with Crippen LogP contribution in [0.4, 0.5) is 5.69 Å². The van der Waals surface area contributed by atoms with Crippen molar-refractivity contribution >= 4 is 5.69 Å². The minimum absolute atomic E-state index is 0.636. The molecule has 2 heterocycles. The molecular formula is C16H23N. The van der Waals surface area contributed by atoms with Gasteiger partial charge in [0.05, 0.1) is 0 Å². The Morgan fingerprint density at radius 3 is 2.41 bits per heavy atom. The fourth-order valence-electron chi connectivity index (χ4n) is 3.58. The Bertz CT molecular complexity index is 380. The molecule has 0 aliphatic carbocycles. The van der Waals surface area contributed by atoms with Crippen LogP contribution in [0, 0.1) is 0 Å². The molecule has 2 bridgehead atoms. The molecule has 0 N–H and O–H groups in total. The standard InChI is InChI=1S/C16H23N/c1-12(2)13-5-3-8-16(11-13)17-14-6-4-7-15(17)10-9-14/h3,5,8,11-12,14-15H,4,6-7,9-10H2,1-2H3. The predicted molar refractivity (Wildman–Crippen MR) is 73.7 cm³/mol. The fraction of sp³-hybridized carbons (Fsp3) is 0.625. The van der Waals surface area contributed by atoms with Crippen LogP contribution in [0.25, 0.3) is 0 Å². The third-order valence-electron chi connectivity index (χ3n) is 4.53. The average molecular weight is 229 g/mol. The van der Waals surface area contributed by atoms with Gasteiger partial charge in [0.2, 0.25) is 0 Å². The SMILES string of the molecule is CC(C)c1cccc(N2C3CCCC2CC3)c1. The van der Waals surface area contributed by atoms with Gasteiger partial charge in [-0.1, -0.05) is 26.0 Å². The summed E-state index contributed by atoms with van der Waals surface area (Å²) in [6.07, 6.45) is 7.08. The maximum Gasteiger partial charge on any atom is 0.0374 e. The first-order chi connectivity index (χ1) is 8.25. The Balaban J connectivity index is 1.91. The predicted octanol–water partition coefficient (Wildman–Crippen LogP) is 4.33. The molecule has 2 unspecified atom stereocenters. The number of fused-ring (bicyclic) bond motifs is 2. The van der Waals surface area contributed by atoms with E-state index in [0.717, 1.165) is 12.1 Å². The summed E-state index contributed by atoms with van der Waals surface area (Å²) in [6.45, 7) is 4.56. The van der Waals surface area contributed by atoms with Crippen molar-refractivity contribution in [1.29, 1.82) is 0 Å². The molecule has 1 heteroatoms. The molecule has 92 valence electrons. The molecular weight excluding hydrogens is 206 g/mol. The van der Waals surface area contributed by atoms with Crippen molar-refractivity contribution in [3.63, 3.8) is 0 Å². The van der Waals surface area contributed by atoms with Gasteiger partial charge in [-0.15, -0.1) is 0 Å². The third-order valence-corrected chi connectivity index (χ3v) is 4.53. The van der Waals surface area contributed by atoms with Gasteiger partial charge in [0, 0.05) is 17.8 Å². The summed E-state index contributed by atoms with van der Waals surface area (Å²) in [5, 5.41) is 0. The van der Waals surface area contributed by atoms with Crippen LogP contribution >= 0.6 is 0 Å². The highest BCUT2D eigenvalue weighted by Crippen LogP contribution is 2.39. The van der Waals surface area contributed by atoms with E-state index in [0.29, 0.717) is 5.92 Å². The number of benzene rings is 1. The Morgan fingerprint density at radius 1 is 1.06 bits per heavy atom. The summed E-state index contributed by atoms with van der Waals surface area (Å²) < 4.78 is 0. The second-order valence-corrected chi connectivity index (χ2v) is 5.97. The fourth-order valence-corrected chi connectivity index (χ4v) is 3.58. The van der Waals surface area contributed by atoms with Gasteiger partial charge >= 0.3 is 0 Å². The second kappa shape index (κ2) is 4.36. The zero-order valence-corrected chi connectivity index (χ0v) is 11.0. The van der Waals surface area contributed by atoms with Crippen LogP contribution in [0.3, 0.4) is 0 Å². The van der Waals surface area contributed by atoms with E-state index in [1.54, 1.807) is 0 Å².